The van der Waals surface area contributed by atoms with Gasteiger partial charge in [-0.05, 0) is 62.5 Å². The van der Waals surface area contributed by atoms with Crippen LogP contribution in [0.25, 0.3) is 0 Å². The van der Waals surface area contributed by atoms with Gasteiger partial charge in [-0.1, -0.05) is 30.3 Å². The predicted octanol–water partition coefficient (Wildman–Crippen LogP) is 3.88. The van der Waals surface area contributed by atoms with Crippen molar-refractivity contribution in [3.63, 3.8) is 0 Å². The van der Waals surface area contributed by atoms with Crippen molar-refractivity contribution in [1.82, 2.24) is 10.2 Å². The van der Waals surface area contributed by atoms with Crippen LogP contribution in [0.15, 0.2) is 48.5 Å². The van der Waals surface area contributed by atoms with E-state index in [2.05, 4.69) is 10.2 Å². The van der Waals surface area contributed by atoms with Gasteiger partial charge < -0.3 is 5.32 Å². The van der Waals surface area contributed by atoms with E-state index in [1.165, 1.54) is 0 Å². The molecule has 4 nitrogen and oxygen atoms in total. The van der Waals surface area contributed by atoms with Crippen molar-refractivity contribution in [3.05, 3.63) is 71.3 Å². The molecule has 2 aromatic rings. The van der Waals surface area contributed by atoms with E-state index in [1.807, 2.05) is 30.3 Å². The molecule has 1 aliphatic carbocycles. The van der Waals surface area contributed by atoms with Crippen LogP contribution in [0.4, 0.5) is 8.78 Å². The Labute approximate surface area is 168 Å². The highest BCUT2D eigenvalue weighted by atomic mass is 19.1. The van der Waals surface area contributed by atoms with Gasteiger partial charge in [0.25, 0.3) is 0 Å². The van der Waals surface area contributed by atoms with E-state index in [9.17, 15) is 18.4 Å². The second kappa shape index (κ2) is 8.41. The lowest BCUT2D eigenvalue weighted by atomic mass is 9.87. The van der Waals surface area contributed by atoms with Gasteiger partial charge in [0.15, 0.2) is 5.78 Å². The standard InChI is InChI=1S/C23H24F2N2O2/c24-17-6-9-20(25)19(14-17)22(28)16-10-12-27(13-11-16)21(15-4-2-1-3-5-15)23(29)26-18-7-8-18/h1-6,9,14,16,18,21H,7-8,10-13H2,(H,26,29)/t21-/m1/s1. The van der Waals surface area contributed by atoms with Crippen molar-refractivity contribution in [2.24, 2.45) is 5.92 Å². The second-order valence-corrected chi connectivity index (χ2v) is 7.89. The monoisotopic (exact) mass is 398 g/mol. The first kappa shape index (κ1) is 19.7. The molecule has 0 aromatic heterocycles. The fourth-order valence-electron chi connectivity index (χ4n) is 4.00. The number of hydrogen-bond acceptors (Lipinski definition) is 3. The first-order valence-corrected chi connectivity index (χ1v) is 10.1. The Balaban J connectivity index is 1.46. The van der Waals surface area contributed by atoms with E-state index in [1.54, 1.807) is 0 Å². The lowest BCUT2D eigenvalue weighted by molar-refractivity contribution is -0.127. The molecule has 0 unspecified atom stereocenters. The fraction of sp³-hybridized carbons (Fsp3) is 0.391. The Morgan fingerprint density at radius 3 is 2.31 bits per heavy atom. The number of Topliss-reactive ketones (excluding diaryl/α,β-unsaturated/α-hetero) is 1. The number of hydrogen-bond donors (Lipinski definition) is 1. The zero-order chi connectivity index (χ0) is 20.4. The number of amides is 1. The van der Waals surface area contributed by atoms with E-state index >= 15 is 0 Å². The average molecular weight is 398 g/mol. The number of nitrogens with one attached hydrogen (secondary N) is 1. The summed E-state index contributed by atoms with van der Waals surface area (Å²) in [6, 6.07) is 12.5. The molecular formula is C23H24F2N2O2. The predicted molar refractivity (Wildman–Crippen MR) is 105 cm³/mol. The maximum absolute atomic E-state index is 14.0. The van der Waals surface area contributed by atoms with Crippen LogP contribution >= 0.6 is 0 Å². The van der Waals surface area contributed by atoms with E-state index < -0.39 is 17.7 Å². The molecule has 29 heavy (non-hydrogen) atoms. The molecule has 6 heteroatoms. The minimum atomic E-state index is -0.690. The Morgan fingerprint density at radius 2 is 1.66 bits per heavy atom. The number of piperidine rings is 1. The molecular weight excluding hydrogens is 374 g/mol. The maximum Gasteiger partial charge on any atom is 0.242 e. The lowest BCUT2D eigenvalue weighted by Gasteiger charge is -2.36. The minimum Gasteiger partial charge on any atom is -0.352 e. The molecule has 1 saturated carbocycles. The third-order valence-electron chi connectivity index (χ3n) is 5.75. The van der Waals surface area contributed by atoms with Crippen molar-refractivity contribution in [3.8, 4) is 0 Å². The molecule has 0 bridgehead atoms. The zero-order valence-corrected chi connectivity index (χ0v) is 16.1. The van der Waals surface area contributed by atoms with Crippen LogP contribution in [0.1, 0.15) is 47.6 Å². The number of rotatable bonds is 6. The number of halogens is 2. The van der Waals surface area contributed by atoms with Crippen LogP contribution in [0.2, 0.25) is 0 Å². The molecule has 2 fully saturated rings. The van der Waals surface area contributed by atoms with E-state index in [-0.39, 0.29) is 29.2 Å². The summed E-state index contributed by atoms with van der Waals surface area (Å²) in [5, 5.41) is 3.08. The number of nitrogens with zero attached hydrogens (tertiary/aromatic N) is 1. The summed E-state index contributed by atoms with van der Waals surface area (Å²) in [5.74, 6) is -2.05. The lowest BCUT2D eigenvalue weighted by Crippen LogP contribution is -2.45. The molecule has 2 aromatic carbocycles. The highest BCUT2D eigenvalue weighted by Gasteiger charge is 2.35. The Kier molecular flexibility index (Phi) is 5.72. The van der Waals surface area contributed by atoms with Crippen LogP contribution in [-0.4, -0.2) is 35.7 Å². The number of carbonyl (C=O) groups is 2. The number of ketones is 1. The van der Waals surface area contributed by atoms with Crippen LogP contribution in [-0.2, 0) is 4.79 Å². The minimum absolute atomic E-state index is 0.0142. The summed E-state index contributed by atoms with van der Waals surface area (Å²) in [7, 11) is 0. The van der Waals surface area contributed by atoms with Crippen molar-refractivity contribution in [1.29, 1.82) is 0 Å². The third kappa shape index (κ3) is 4.53. The van der Waals surface area contributed by atoms with Crippen LogP contribution < -0.4 is 5.32 Å². The quantitative estimate of drug-likeness (QED) is 0.752. The molecule has 4 rings (SSSR count). The molecule has 2 aliphatic rings. The summed E-state index contributed by atoms with van der Waals surface area (Å²) >= 11 is 0. The molecule has 0 spiro atoms. The topological polar surface area (TPSA) is 49.4 Å². The van der Waals surface area contributed by atoms with Gasteiger partial charge in [0.05, 0.1) is 5.56 Å². The highest BCUT2D eigenvalue weighted by Crippen LogP contribution is 2.30. The normalized spacial score (nSPS) is 19.0. The Bertz CT molecular complexity index is 891. The summed E-state index contributed by atoms with van der Waals surface area (Å²) in [6.07, 6.45) is 3.05. The van der Waals surface area contributed by atoms with Gasteiger partial charge in [-0.25, -0.2) is 8.78 Å². The van der Waals surface area contributed by atoms with Gasteiger partial charge in [-0.2, -0.15) is 0 Å². The first-order valence-electron chi connectivity index (χ1n) is 10.1. The molecule has 152 valence electrons. The van der Waals surface area contributed by atoms with Crippen molar-refractivity contribution in [2.45, 2.75) is 37.8 Å². The molecule has 1 saturated heterocycles. The van der Waals surface area contributed by atoms with Crippen molar-refractivity contribution >= 4 is 11.7 Å². The number of carbonyl (C=O) groups excluding carboxylic acids is 2. The van der Waals surface area contributed by atoms with Gasteiger partial charge in [0.1, 0.15) is 17.7 Å². The second-order valence-electron chi connectivity index (χ2n) is 7.89. The molecule has 0 radical (unpaired) electrons. The largest absolute Gasteiger partial charge is 0.352 e. The zero-order valence-electron chi connectivity index (χ0n) is 16.1. The summed E-state index contributed by atoms with van der Waals surface area (Å²) in [4.78, 5) is 27.7. The van der Waals surface area contributed by atoms with Crippen LogP contribution in [0, 0.1) is 17.6 Å². The molecule has 1 heterocycles. The van der Waals surface area contributed by atoms with Gasteiger partial charge >= 0.3 is 0 Å². The van der Waals surface area contributed by atoms with Gasteiger partial charge in [0, 0.05) is 12.0 Å². The van der Waals surface area contributed by atoms with E-state index in [4.69, 9.17) is 0 Å². The highest BCUT2D eigenvalue weighted by molar-refractivity contribution is 5.98. The first-order chi connectivity index (χ1) is 14.0. The average Bonchev–Trinajstić information content (AvgIpc) is 3.55. The molecule has 1 amide bonds. The van der Waals surface area contributed by atoms with Gasteiger partial charge in [0.2, 0.25) is 5.91 Å². The van der Waals surface area contributed by atoms with E-state index in [0.29, 0.717) is 25.9 Å². The number of likely N-dealkylation sites (tertiary alicyclic amines) is 1. The van der Waals surface area contributed by atoms with Gasteiger partial charge in [-0.15, -0.1) is 0 Å². The molecule has 1 atom stereocenters. The summed E-state index contributed by atoms with van der Waals surface area (Å²) < 4.78 is 27.4. The molecule has 1 aliphatic heterocycles. The summed E-state index contributed by atoms with van der Waals surface area (Å²) in [6.45, 7) is 1.09. The van der Waals surface area contributed by atoms with Crippen molar-refractivity contribution < 1.29 is 18.4 Å². The fourth-order valence-corrected chi connectivity index (χ4v) is 4.00. The van der Waals surface area contributed by atoms with Crippen LogP contribution in [0.3, 0.4) is 0 Å². The molecule has 1 N–H and O–H groups in total. The van der Waals surface area contributed by atoms with Gasteiger partial charge in [-0.3, -0.25) is 14.5 Å². The smallest absolute Gasteiger partial charge is 0.242 e. The maximum atomic E-state index is 14.0. The SMILES string of the molecule is O=C(c1cc(F)ccc1F)C1CCN([C@@H](C(=O)NC2CC2)c2ccccc2)CC1. The summed E-state index contributed by atoms with van der Waals surface area (Å²) in [5.41, 5.74) is 0.737. The number of benzene rings is 2. The van der Waals surface area contributed by atoms with Crippen LogP contribution in [0.5, 0.6) is 0 Å². The Morgan fingerprint density at radius 1 is 0.966 bits per heavy atom. The van der Waals surface area contributed by atoms with E-state index in [0.717, 1.165) is 36.6 Å². The third-order valence-corrected chi connectivity index (χ3v) is 5.75. The Hall–Kier alpha value is -2.60. The van der Waals surface area contributed by atoms with Crippen molar-refractivity contribution in [2.75, 3.05) is 13.1 Å².